The molecule has 1 aromatic rings. The number of esters is 2. The van der Waals surface area contributed by atoms with Crippen LogP contribution < -0.4 is 10.2 Å². The second kappa shape index (κ2) is 8.77. The highest BCUT2D eigenvalue weighted by Crippen LogP contribution is 2.30. The fraction of sp³-hybridized carbons (Fsp3) is 0.318. The first-order valence-corrected chi connectivity index (χ1v) is 9.08. The number of carbonyl (C=O) groups is 3. The van der Waals surface area contributed by atoms with Crippen LogP contribution in [-0.2, 0) is 19.1 Å². The normalized spacial score (nSPS) is 13.8. The predicted molar refractivity (Wildman–Crippen MR) is 110 cm³/mol. The second-order valence-electron chi connectivity index (χ2n) is 7.47. The summed E-state index contributed by atoms with van der Waals surface area (Å²) in [6.45, 7) is 7.47. The average Bonchev–Trinajstić information content (AvgIpc) is 2.88. The number of anilines is 1. The number of rotatable bonds is 4. The lowest BCUT2D eigenvalue weighted by atomic mass is 10.0. The van der Waals surface area contributed by atoms with Crippen LogP contribution in [0.4, 0.5) is 5.69 Å². The molecule has 0 spiro atoms. The minimum Gasteiger partial charge on any atom is -0.465 e. The van der Waals surface area contributed by atoms with E-state index >= 15 is 0 Å². The van der Waals surface area contributed by atoms with Crippen LogP contribution in [0.5, 0.6) is 0 Å². The maximum absolute atomic E-state index is 12.7. The van der Waals surface area contributed by atoms with Gasteiger partial charge in [0.05, 0.1) is 19.8 Å². The standard InChI is InChI=1S/C22H26N2O5/c1-14-15(19(25)23-22(2,3)4)11-9-12-17(14)24-13-8-7-10-16(20(26)28-5)18(24)21(27)29-6/h7-13H,1-6H3,(H,23,25). The van der Waals surface area contributed by atoms with Crippen LogP contribution in [-0.4, -0.2) is 37.6 Å². The van der Waals surface area contributed by atoms with E-state index < -0.39 is 17.5 Å². The second-order valence-corrected chi connectivity index (χ2v) is 7.47. The van der Waals surface area contributed by atoms with E-state index in [0.29, 0.717) is 16.8 Å². The number of nitrogens with zero attached hydrogens (tertiary/aromatic N) is 1. The number of nitrogens with one attached hydrogen (secondary N) is 1. The fourth-order valence-electron chi connectivity index (χ4n) is 2.89. The molecular formula is C22H26N2O5. The van der Waals surface area contributed by atoms with Gasteiger partial charge in [0.25, 0.3) is 5.91 Å². The molecule has 0 aromatic heterocycles. The van der Waals surface area contributed by atoms with E-state index in [0.717, 1.165) is 0 Å². The molecule has 0 unspecified atom stereocenters. The first kappa shape index (κ1) is 21.9. The van der Waals surface area contributed by atoms with Crippen molar-refractivity contribution in [2.75, 3.05) is 19.1 Å². The molecule has 7 nitrogen and oxygen atoms in total. The molecule has 7 heteroatoms. The summed E-state index contributed by atoms with van der Waals surface area (Å²) in [6, 6.07) is 5.19. The molecule has 0 fully saturated rings. The van der Waals surface area contributed by atoms with Crippen molar-refractivity contribution in [2.45, 2.75) is 33.2 Å². The number of amides is 1. The van der Waals surface area contributed by atoms with Gasteiger partial charge in [-0.1, -0.05) is 12.1 Å². The summed E-state index contributed by atoms with van der Waals surface area (Å²) in [5, 5.41) is 2.93. The van der Waals surface area contributed by atoms with Crippen LogP contribution in [0, 0.1) is 6.92 Å². The third-order valence-corrected chi connectivity index (χ3v) is 4.19. The van der Waals surface area contributed by atoms with Crippen molar-refractivity contribution < 1.29 is 23.9 Å². The van der Waals surface area contributed by atoms with Crippen molar-refractivity contribution in [1.29, 1.82) is 0 Å². The van der Waals surface area contributed by atoms with E-state index in [9.17, 15) is 14.4 Å². The van der Waals surface area contributed by atoms with E-state index in [2.05, 4.69) is 5.32 Å². The summed E-state index contributed by atoms with van der Waals surface area (Å²) in [5.41, 5.74) is 1.32. The monoisotopic (exact) mass is 398 g/mol. The maximum atomic E-state index is 12.7. The molecule has 1 heterocycles. The molecule has 0 saturated carbocycles. The van der Waals surface area contributed by atoms with Crippen molar-refractivity contribution in [3.8, 4) is 0 Å². The van der Waals surface area contributed by atoms with Gasteiger partial charge >= 0.3 is 11.9 Å². The molecule has 1 aliphatic heterocycles. The van der Waals surface area contributed by atoms with Crippen molar-refractivity contribution in [1.82, 2.24) is 5.32 Å². The Balaban J connectivity index is 2.65. The number of benzene rings is 1. The van der Waals surface area contributed by atoms with Gasteiger partial charge in [-0.05, 0) is 57.5 Å². The van der Waals surface area contributed by atoms with Gasteiger partial charge in [0.1, 0.15) is 5.70 Å². The Kier molecular flexibility index (Phi) is 6.64. The Morgan fingerprint density at radius 2 is 1.66 bits per heavy atom. The zero-order valence-electron chi connectivity index (χ0n) is 17.5. The molecule has 29 heavy (non-hydrogen) atoms. The van der Waals surface area contributed by atoms with Crippen molar-refractivity contribution in [3.05, 3.63) is 65.0 Å². The van der Waals surface area contributed by atoms with Gasteiger partial charge in [-0.15, -0.1) is 0 Å². The number of carbonyl (C=O) groups excluding carboxylic acids is 3. The summed E-state index contributed by atoms with van der Waals surface area (Å²) < 4.78 is 9.74. The lowest BCUT2D eigenvalue weighted by Gasteiger charge is -2.26. The molecule has 1 N–H and O–H groups in total. The largest absolute Gasteiger partial charge is 0.465 e. The van der Waals surface area contributed by atoms with Crippen LogP contribution in [0.25, 0.3) is 0 Å². The average molecular weight is 398 g/mol. The summed E-state index contributed by atoms with van der Waals surface area (Å²) in [6.07, 6.45) is 6.42. The zero-order valence-corrected chi connectivity index (χ0v) is 17.5. The molecule has 2 rings (SSSR count). The number of methoxy groups -OCH3 is 2. The molecule has 0 aliphatic carbocycles. The lowest BCUT2D eigenvalue weighted by molar-refractivity contribution is -0.139. The third-order valence-electron chi connectivity index (χ3n) is 4.19. The summed E-state index contributed by atoms with van der Waals surface area (Å²) in [4.78, 5) is 39.1. The number of hydrogen-bond donors (Lipinski definition) is 1. The fourth-order valence-corrected chi connectivity index (χ4v) is 2.89. The highest BCUT2D eigenvalue weighted by Gasteiger charge is 2.29. The minimum atomic E-state index is -0.703. The molecule has 154 valence electrons. The van der Waals surface area contributed by atoms with E-state index in [1.54, 1.807) is 43.5 Å². The van der Waals surface area contributed by atoms with Gasteiger partial charge in [0.15, 0.2) is 0 Å². The number of hydrogen-bond acceptors (Lipinski definition) is 6. The first-order chi connectivity index (χ1) is 13.6. The summed E-state index contributed by atoms with van der Waals surface area (Å²) in [5.74, 6) is -1.61. The predicted octanol–water partition coefficient (Wildman–Crippen LogP) is 3.01. The molecule has 1 amide bonds. The maximum Gasteiger partial charge on any atom is 0.355 e. The quantitative estimate of drug-likeness (QED) is 0.785. The van der Waals surface area contributed by atoms with Gasteiger partial charge in [0.2, 0.25) is 0 Å². The van der Waals surface area contributed by atoms with Crippen LogP contribution in [0.15, 0.2) is 53.9 Å². The van der Waals surface area contributed by atoms with Gasteiger partial charge in [-0.2, -0.15) is 0 Å². The van der Waals surface area contributed by atoms with Crippen molar-refractivity contribution >= 4 is 23.5 Å². The Morgan fingerprint density at radius 3 is 2.24 bits per heavy atom. The summed E-state index contributed by atoms with van der Waals surface area (Å²) >= 11 is 0. The van der Waals surface area contributed by atoms with Crippen LogP contribution >= 0.6 is 0 Å². The number of allylic oxidation sites excluding steroid dienone is 2. The molecule has 0 radical (unpaired) electrons. The topological polar surface area (TPSA) is 84.9 Å². The van der Waals surface area contributed by atoms with E-state index in [1.807, 2.05) is 20.8 Å². The Labute approximate surface area is 170 Å². The smallest absolute Gasteiger partial charge is 0.355 e. The minimum absolute atomic E-state index is 0.000768. The SMILES string of the molecule is COC(=O)C1=C(C(=O)OC)N(c2cccc(C(=O)NC(C)(C)C)c2C)C=CC=C1. The van der Waals surface area contributed by atoms with Crippen LogP contribution in [0.2, 0.25) is 0 Å². The Bertz CT molecular complexity index is 920. The molecule has 1 aromatic carbocycles. The highest BCUT2D eigenvalue weighted by atomic mass is 16.5. The molecular weight excluding hydrogens is 372 g/mol. The van der Waals surface area contributed by atoms with E-state index in [1.165, 1.54) is 25.2 Å². The third kappa shape index (κ3) is 4.93. The Morgan fingerprint density at radius 1 is 1.00 bits per heavy atom. The van der Waals surface area contributed by atoms with Crippen molar-refractivity contribution in [3.63, 3.8) is 0 Å². The molecule has 0 atom stereocenters. The van der Waals surface area contributed by atoms with E-state index in [4.69, 9.17) is 9.47 Å². The van der Waals surface area contributed by atoms with Gasteiger partial charge in [-0.25, -0.2) is 9.59 Å². The van der Waals surface area contributed by atoms with Gasteiger partial charge < -0.3 is 19.7 Å². The lowest BCUT2D eigenvalue weighted by Crippen LogP contribution is -2.41. The Hall–Kier alpha value is -3.35. The molecule has 1 aliphatic rings. The van der Waals surface area contributed by atoms with Gasteiger partial charge in [0, 0.05) is 23.0 Å². The van der Waals surface area contributed by atoms with Crippen LogP contribution in [0.3, 0.4) is 0 Å². The van der Waals surface area contributed by atoms with E-state index in [-0.39, 0.29) is 17.2 Å². The first-order valence-electron chi connectivity index (χ1n) is 9.08. The van der Waals surface area contributed by atoms with Crippen LogP contribution in [0.1, 0.15) is 36.7 Å². The molecule has 0 bridgehead atoms. The van der Waals surface area contributed by atoms with Crippen molar-refractivity contribution in [2.24, 2.45) is 0 Å². The van der Waals surface area contributed by atoms with Gasteiger partial charge in [-0.3, -0.25) is 4.79 Å². The number of ether oxygens (including phenoxy) is 2. The summed E-state index contributed by atoms with van der Waals surface area (Å²) in [7, 11) is 2.48. The highest BCUT2D eigenvalue weighted by molar-refractivity contribution is 6.06. The zero-order chi connectivity index (χ0) is 21.8. The molecule has 0 saturated heterocycles.